The number of benzene rings is 1. The summed E-state index contributed by atoms with van der Waals surface area (Å²) in [7, 11) is 0. The van der Waals surface area contributed by atoms with E-state index in [0.717, 1.165) is 6.07 Å². The van der Waals surface area contributed by atoms with Crippen LogP contribution in [0.2, 0.25) is 5.02 Å². The average molecular weight is 349 g/mol. The molecular formula is C16H20ClF3N2O. The Bertz CT molecular complexity index is 588. The van der Waals surface area contributed by atoms with Gasteiger partial charge in [-0.3, -0.25) is 4.79 Å². The summed E-state index contributed by atoms with van der Waals surface area (Å²) in [6.07, 6.45) is -4.46. The van der Waals surface area contributed by atoms with Crippen molar-refractivity contribution in [2.24, 2.45) is 5.41 Å². The highest BCUT2D eigenvalue weighted by Crippen LogP contribution is 2.38. The number of amides is 1. The first kappa shape index (κ1) is 17.9. The maximum Gasteiger partial charge on any atom is 0.418 e. The highest BCUT2D eigenvalue weighted by Gasteiger charge is 2.36. The van der Waals surface area contributed by atoms with E-state index < -0.39 is 17.2 Å². The summed E-state index contributed by atoms with van der Waals surface area (Å²) in [6.45, 7) is 7.07. The van der Waals surface area contributed by atoms with Crippen molar-refractivity contribution in [1.82, 2.24) is 4.90 Å². The van der Waals surface area contributed by atoms with Crippen molar-refractivity contribution in [1.29, 1.82) is 0 Å². The lowest BCUT2D eigenvalue weighted by Gasteiger charge is -2.39. The number of alkyl halides is 3. The molecule has 1 amide bonds. The SMILES string of the molecule is CC(C)(C)C(=O)N1CCN(c2ccc(Cl)cc2C(F)(F)F)CC1. The van der Waals surface area contributed by atoms with E-state index in [1.807, 2.05) is 20.8 Å². The molecule has 0 unspecified atom stereocenters. The third-order valence-corrected chi connectivity index (χ3v) is 4.05. The Morgan fingerprint density at radius 1 is 1.09 bits per heavy atom. The summed E-state index contributed by atoms with van der Waals surface area (Å²) < 4.78 is 39.6. The number of hydrogen-bond acceptors (Lipinski definition) is 2. The van der Waals surface area contributed by atoms with Gasteiger partial charge in [-0.05, 0) is 18.2 Å². The molecule has 0 bridgehead atoms. The van der Waals surface area contributed by atoms with Crippen LogP contribution in [-0.4, -0.2) is 37.0 Å². The number of rotatable bonds is 1. The number of piperazine rings is 1. The van der Waals surface area contributed by atoms with E-state index in [4.69, 9.17) is 11.6 Å². The van der Waals surface area contributed by atoms with Crippen molar-refractivity contribution in [3.8, 4) is 0 Å². The molecule has 0 spiro atoms. The van der Waals surface area contributed by atoms with Crippen LogP contribution in [0.3, 0.4) is 0 Å². The van der Waals surface area contributed by atoms with Crippen molar-refractivity contribution >= 4 is 23.2 Å². The van der Waals surface area contributed by atoms with E-state index in [0.29, 0.717) is 26.2 Å². The summed E-state index contributed by atoms with van der Waals surface area (Å²) in [6, 6.07) is 3.80. The van der Waals surface area contributed by atoms with E-state index in [1.54, 1.807) is 9.80 Å². The summed E-state index contributed by atoms with van der Waals surface area (Å²) in [5.41, 5.74) is -1.11. The summed E-state index contributed by atoms with van der Waals surface area (Å²) in [5, 5.41) is 0.0580. The lowest BCUT2D eigenvalue weighted by molar-refractivity contribution is -0.140. The maximum atomic E-state index is 13.2. The normalized spacial score (nSPS) is 16.7. The summed E-state index contributed by atoms with van der Waals surface area (Å²) in [4.78, 5) is 15.6. The molecule has 1 aromatic rings. The quantitative estimate of drug-likeness (QED) is 0.764. The molecule has 23 heavy (non-hydrogen) atoms. The zero-order chi connectivity index (χ0) is 17.4. The predicted octanol–water partition coefficient (Wildman–Crippen LogP) is 4.05. The number of carbonyl (C=O) groups is 1. The molecule has 1 saturated heterocycles. The van der Waals surface area contributed by atoms with Crippen LogP contribution in [-0.2, 0) is 11.0 Å². The molecule has 0 aromatic heterocycles. The number of halogens is 4. The number of hydrogen-bond donors (Lipinski definition) is 0. The topological polar surface area (TPSA) is 23.6 Å². The first-order valence-electron chi connectivity index (χ1n) is 7.41. The second kappa shape index (κ2) is 6.23. The van der Waals surface area contributed by atoms with Gasteiger partial charge in [0.25, 0.3) is 0 Å². The summed E-state index contributed by atoms with van der Waals surface area (Å²) >= 11 is 5.71. The molecule has 0 atom stereocenters. The van der Waals surface area contributed by atoms with E-state index in [9.17, 15) is 18.0 Å². The fourth-order valence-corrected chi connectivity index (χ4v) is 2.81. The van der Waals surface area contributed by atoms with Gasteiger partial charge < -0.3 is 9.80 Å². The highest BCUT2D eigenvalue weighted by molar-refractivity contribution is 6.30. The molecule has 3 nitrogen and oxygen atoms in total. The first-order valence-corrected chi connectivity index (χ1v) is 7.79. The molecular weight excluding hydrogens is 329 g/mol. The standard InChI is InChI=1S/C16H20ClF3N2O/c1-15(2,3)14(23)22-8-6-21(7-9-22)13-5-4-11(17)10-12(13)16(18,19)20/h4-5,10H,6-9H2,1-3H3. The molecule has 1 aromatic carbocycles. The van der Waals surface area contributed by atoms with Crippen LogP contribution in [0.4, 0.5) is 18.9 Å². The molecule has 0 radical (unpaired) electrons. The zero-order valence-electron chi connectivity index (χ0n) is 13.4. The van der Waals surface area contributed by atoms with E-state index in [1.165, 1.54) is 12.1 Å². The van der Waals surface area contributed by atoms with Crippen LogP contribution in [0.25, 0.3) is 0 Å². The number of nitrogens with zero attached hydrogens (tertiary/aromatic N) is 2. The van der Waals surface area contributed by atoms with E-state index >= 15 is 0 Å². The van der Waals surface area contributed by atoms with Gasteiger partial charge in [0.2, 0.25) is 5.91 Å². The minimum atomic E-state index is -4.46. The van der Waals surface area contributed by atoms with Gasteiger partial charge in [-0.15, -0.1) is 0 Å². The Morgan fingerprint density at radius 2 is 1.65 bits per heavy atom. The van der Waals surface area contributed by atoms with Gasteiger partial charge in [0.05, 0.1) is 5.56 Å². The van der Waals surface area contributed by atoms with Crippen LogP contribution >= 0.6 is 11.6 Å². The van der Waals surface area contributed by atoms with E-state index in [2.05, 4.69) is 0 Å². The van der Waals surface area contributed by atoms with Crippen molar-refractivity contribution < 1.29 is 18.0 Å². The fourth-order valence-electron chi connectivity index (χ4n) is 2.64. The Morgan fingerprint density at radius 3 is 2.13 bits per heavy atom. The molecule has 2 rings (SSSR count). The lowest BCUT2D eigenvalue weighted by atomic mass is 9.94. The molecule has 7 heteroatoms. The molecule has 1 aliphatic rings. The lowest BCUT2D eigenvalue weighted by Crippen LogP contribution is -2.52. The third-order valence-electron chi connectivity index (χ3n) is 3.81. The van der Waals surface area contributed by atoms with Crippen LogP contribution in [0.1, 0.15) is 26.3 Å². The molecule has 1 heterocycles. The largest absolute Gasteiger partial charge is 0.418 e. The predicted molar refractivity (Wildman–Crippen MR) is 84.7 cm³/mol. The Balaban J connectivity index is 2.17. The van der Waals surface area contributed by atoms with Crippen LogP contribution in [0.15, 0.2) is 18.2 Å². The van der Waals surface area contributed by atoms with Crippen molar-refractivity contribution in [2.75, 3.05) is 31.1 Å². The molecule has 1 aliphatic heterocycles. The second-order valence-corrected chi connectivity index (χ2v) is 7.12. The summed E-state index contributed by atoms with van der Waals surface area (Å²) in [5.74, 6) is 0.0179. The van der Waals surface area contributed by atoms with E-state index in [-0.39, 0.29) is 16.6 Å². The first-order chi connectivity index (χ1) is 10.5. The average Bonchev–Trinajstić information content (AvgIpc) is 2.45. The van der Waals surface area contributed by atoms with Gasteiger partial charge in [-0.1, -0.05) is 32.4 Å². The van der Waals surface area contributed by atoms with Gasteiger partial charge in [-0.2, -0.15) is 13.2 Å². The fraction of sp³-hybridized carbons (Fsp3) is 0.562. The number of anilines is 1. The monoisotopic (exact) mass is 348 g/mol. The highest BCUT2D eigenvalue weighted by atomic mass is 35.5. The molecule has 0 N–H and O–H groups in total. The van der Waals surface area contributed by atoms with Gasteiger partial charge in [0, 0.05) is 42.3 Å². The van der Waals surface area contributed by atoms with Crippen molar-refractivity contribution in [3.63, 3.8) is 0 Å². The molecule has 0 aliphatic carbocycles. The minimum absolute atomic E-state index is 0.0179. The van der Waals surface area contributed by atoms with Gasteiger partial charge in [0.15, 0.2) is 0 Å². The van der Waals surface area contributed by atoms with Crippen LogP contribution in [0.5, 0.6) is 0 Å². The Labute approximate surface area is 139 Å². The molecule has 1 fully saturated rings. The maximum absolute atomic E-state index is 13.2. The van der Waals surface area contributed by atoms with Crippen LogP contribution < -0.4 is 4.90 Å². The molecule has 0 saturated carbocycles. The van der Waals surface area contributed by atoms with Gasteiger partial charge in [0.1, 0.15) is 0 Å². The second-order valence-electron chi connectivity index (χ2n) is 6.69. The molecule has 128 valence electrons. The number of carbonyl (C=O) groups excluding carboxylic acids is 1. The smallest absolute Gasteiger partial charge is 0.367 e. The zero-order valence-corrected chi connectivity index (χ0v) is 14.1. The third kappa shape index (κ3) is 4.10. The minimum Gasteiger partial charge on any atom is -0.367 e. The van der Waals surface area contributed by atoms with Crippen LogP contribution in [0, 0.1) is 5.41 Å². The van der Waals surface area contributed by atoms with Crippen molar-refractivity contribution in [2.45, 2.75) is 26.9 Å². The van der Waals surface area contributed by atoms with Gasteiger partial charge >= 0.3 is 6.18 Å². The van der Waals surface area contributed by atoms with Crippen molar-refractivity contribution in [3.05, 3.63) is 28.8 Å². The van der Waals surface area contributed by atoms with Gasteiger partial charge in [-0.25, -0.2) is 0 Å². The Hall–Kier alpha value is -1.43. The Kier molecular flexibility index (Phi) is 4.85.